The summed E-state index contributed by atoms with van der Waals surface area (Å²) in [5.41, 5.74) is 0. The third-order valence-electron chi connectivity index (χ3n) is 2.76. The summed E-state index contributed by atoms with van der Waals surface area (Å²) >= 11 is 1.48. The summed E-state index contributed by atoms with van der Waals surface area (Å²) < 4.78 is 37.3. The van der Waals surface area contributed by atoms with E-state index in [2.05, 4.69) is 4.98 Å². The number of hydrogen-bond donors (Lipinski definition) is 0. The quantitative estimate of drug-likeness (QED) is 0.704. The van der Waals surface area contributed by atoms with Gasteiger partial charge in [0, 0.05) is 24.7 Å². The number of aromatic nitrogens is 1. The number of nitrogens with zero attached hydrogens (tertiary/aromatic N) is 2. The van der Waals surface area contributed by atoms with Crippen molar-refractivity contribution in [1.29, 1.82) is 0 Å². The zero-order valence-electron chi connectivity index (χ0n) is 9.07. The van der Waals surface area contributed by atoms with Crippen LogP contribution in [0.1, 0.15) is 12.8 Å². The maximum absolute atomic E-state index is 12.4. The van der Waals surface area contributed by atoms with Gasteiger partial charge in [0.05, 0.1) is 0 Å². The molecule has 0 spiro atoms. The molecule has 0 atom stereocenters. The molecule has 1 aromatic heterocycles. The Kier molecular flexibility index (Phi) is 5.80. The minimum atomic E-state index is -4.65. The number of thiazole rings is 1. The SMILES string of the molecule is F[B-](F)(F)C1CCN(c2nccs2)CC1.[K+]. The molecule has 1 fully saturated rings. The van der Waals surface area contributed by atoms with Crippen LogP contribution in [0, 0.1) is 0 Å². The molecule has 84 valence electrons. The van der Waals surface area contributed by atoms with Gasteiger partial charge in [0.2, 0.25) is 0 Å². The number of piperidine rings is 1. The van der Waals surface area contributed by atoms with E-state index in [1.807, 2.05) is 10.3 Å². The summed E-state index contributed by atoms with van der Waals surface area (Å²) in [5.74, 6) is -1.07. The Morgan fingerprint density at radius 1 is 1.31 bits per heavy atom. The van der Waals surface area contributed by atoms with Gasteiger partial charge in [0.25, 0.3) is 0 Å². The second kappa shape index (κ2) is 6.19. The third-order valence-corrected chi connectivity index (χ3v) is 3.60. The predicted octanol–water partition coefficient (Wildman–Crippen LogP) is -0.0351. The van der Waals surface area contributed by atoms with E-state index < -0.39 is 12.8 Å². The van der Waals surface area contributed by atoms with Gasteiger partial charge in [-0.1, -0.05) is 18.7 Å². The van der Waals surface area contributed by atoms with Gasteiger partial charge in [-0.15, -0.1) is 11.3 Å². The van der Waals surface area contributed by atoms with E-state index in [9.17, 15) is 12.9 Å². The molecule has 2 heterocycles. The van der Waals surface area contributed by atoms with Crippen molar-refractivity contribution in [3.8, 4) is 0 Å². The second-order valence-electron chi connectivity index (χ2n) is 3.76. The van der Waals surface area contributed by atoms with Gasteiger partial charge in [0.1, 0.15) is 0 Å². The monoisotopic (exact) mass is 274 g/mol. The summed E-state index contributed by atoms with van der Waals surface area (Å²) in [7, 11) is 0. The number of hydrogen-bond acceptors (Lipinski definition) is 3. The normalized spacial score (nSPS) is 18.3. The topological polar surface area (TPSA) is 16.1 Å². The van der Waals surface area contributed by atoms with Gasteiger partial charge in [-0.05, 0) is 0 Å². The van der Waals surface area contributed by atoms with E-state index in [-0.39, 0.29) is 64.2 Å². The molecule has 16 heavy (non-hydrogen) atoms. The molecule has 0 aliphatic carbocycles. The first kappa shape index (κ1) is 15.0. The minimum absolute atomic E-state index is 0. The Labute approximate surface area is 139 Å². The third kappa shape index (κ3) is 3.71. The molecule has 0 saturated carbocycles. The van der Waals surface area contributed by atoms with Crippen molar-refractivity contribution >= 4 is 23.4 Å². The fourth-order valence-corrected chi connectivity index (χ4v) is 2.54. The second-order valence-corrected chi connectivity index (χ2v) is 4.64. The van der Waals surface area contributed by atoms with Crippen LogP contribution in [0.25, 0.3) is 0 Å². The first-order valence-corrected chi connectivity index (χ1v) is 5.80. The van der Waals surface area contributed by atoms with Gasteiger partial charge in [0.15, 0.2) is 5.13 Å². The van der Waals surface area contributed by atoms with E-state index >= 15 is 0 Å². The zero-order chi connectivity index (χ0) is 10.9. The van der Waals surface area contributed by atoms with Crippen molar-refractivity contribution in [2.45, 2.75) is 18.7 Å². The van der Waals surface area contributed by atoms with Crippen LogP contribution in [-0.2, 0) is 0 Å². The molecule has 0 bridgehead atoms. The molecule has 0 aromatic carbocycles. The van der Waals surface area contributed by atoms with Crippen LogP contribution < -0.4 is 56.3 Å². The van der Waals surface area contributed by atoms with Crippen LogP contribution in [0.3, 0.4) is 0 Å². The largest absolute Gasteiger partial charge is 1.00 e. The average Bonchev–Trinajstić information content (AvgIpc) is 2.69. The molecule has 2 nitrogen and oxygen atoms in total. The fraction of sp³-hybridized carbons (Fsp3) is 0.625. The van der Waals surface area contributed by atoms with Crippen LogP contribution in [0.4, 0.5) is 18.1 Å². The molecular weight excluding hydrogens is 263 g/mol. The number of halogens is 3. The van der Waals surface area contributed by atoms with Gasteiger partial charge < -0.3 is 17.8 Å². The first-order chi connectivity index (χ1) is 7.07. The molecule has 1 aromatic rings. The molecule has 0 radical (unpaired) electrons. The number of rotatable bonds is 2. The summed E-state index contributed by atoms with van der Waals surface area (Å²) in [4.78, 5) is 6.03. The zero-order valence-corrected chi connectivity index (χ0v) is 13.0. The average molecular weight is 274 g/mol. The van der Waals surface area contributed by atoms with E-state index in [0.717, 1.165) is 5.13 Å². The van der Waals surface area contributed by atoms with Crippen LogP contribution >= 0.6 is 11.3 Å². The van der Waals surface area contributed by atoms with Crippen molar-refractivity contribution in [2.24, 2.45) is 0 Å². The molecule has 1 aliphatic heterocycles. The molecule has 0 amide bonds. The van der Waals surface area contributed by atoms with Crippen LogP contribution in [0.2, 0.25) is 5.82 Å². The van der Waals surface area contributed by atoms with Gasteiger partial charge in [-0.2, -0.15) is 0 Å². The van der Waals surface area contributed by atoms with Crippen LogP contribution in [0.5, 0.6) is 0 Å². The maximum atomic E-state index is 12.4. The summed E-state index contributed by atoms with van der Waals surface area (Å²) in [6, 6.07) is 0. The Morgan fingerprint density at radius 3 is 2.38 bits per heavy atom. The van der Waals surface area contributed by atoms with Gasteiger partial charge in [-0.3, -0.25) is 0 Å². The Balaban J connectivity index is 0.00000128. The van der Waals surface area contributed by atoms with Crippen molar-refractivity contribution in [3.63, 3.8) is 0 Å². The molecule has 2 rings (SSSR count). The summed E-state index contributed by atoms with van der Waals surface area (Å²) in [6.07, 6.45) is 2.10. The molecule has 0 unspecified atom stereocenters. The van der Waals surface area contributed by atoms with Crippen LogP contribution in [0.15, 0.2) is 11.6 Å². The van der Waals surface area contributed by atoms with Gasteiger partial charge in [-0.25, -0.2) is 4.98 Å². The minimum Gasteiger partial charge on any atom is -0.449 e. The smallest absolute Gasteiger partial charge is 0.449 e. The molecule has 0 N–H and O–H groups in total. The van der Waals surface area contributed by atoms with Crippen LogP contribution in [-0.4, -0.2) is 25.1 Å². The fourth-order valence-electron chi connectivity index (χ4n) is 1.84. The standard InChI is InChI=1S/C8H11BF3N2S.K/c10-9(11,12)7-1-4-14(5-2-7)8-13-3-6-15-8;/h3,6-7H,1-2,4-5H2;/q-1;+1. The van der Waals surface area contributed by atoms with Gasteiger partial charge >= 0.3 is 58.4 Å². The van der Waals surface area contributed by atoms with E-state index in [1.54, 1.807) is 6.20 Å². The van der Waals surface area contributed by atoms with E-state index in [0.29, 0.717) is 13.1 Å². The Morgan fingerprint density at radius 2 is 1.94 bits per heavy atom. The summed E-state index contributed by atoms with van der Waals surface area (Å²) in [5, 5.41) is 2.68. The first-order valence-electron chi connectivity index (χ1n) is 4.92. The Bertz CT molecular complexity index is 312. The Hall–Kier alpha value is 0.921. The van der Waals surface area contributed by atoms with E-state index in [4.69, 9.17) is 0 Å². The predicted molar refractivity (Wildman–Crippen MR) is 56.4 cm³/mol. The number of anilines is 1. The maximum Gasteiger partial charge on any atom is 1.00 e. The van der Waals surface area contributed by atoms with Crippen molar-refractivity contribution in [3.05, 3.63) is 11.6 Å². The summed E-state index contributed by atoms with van der Waals surface area (Å²) in [6.45, 7) is -3.71. The molecule has 1 saturated heterocycles. The van der Waals surface area contributed by atoms with E-state index in [1.165, 1.54) is 11.3 Å². The van der Waals surface area contributed by atoms with Crippen molar-refractivity contribution in [1.82, 2.24) is 4.98 Å². The van der Waals surface area contributed by atoms with Crippen molar-refractivity contribution < 1.29 is 64.3 Å². The molecule has 1 aliphatic rings. The molecular formula is C8H11BF3KN2S. The van der Waals surface area contributed by atoms with Crippen molar-refractivity contribution in [2.75, 3.05) is 18.0 Å². The molecule has 8 heteroatoms.